The number of piperazine rings is 1. The van der Waals surface area contributed by atoms with Crippen LogP contribution in [0.15, 0.2) is 18.2 Å². The highest BCUT2D eigenvalue weighted by Crippen LogP contribution is 2.37. The molecule has 1 heterocycles. The molecule has 2 rings (SSSR count). The van der Waals surface area contributed by atoms with Crippen molar-refractivity contribution in [2.45, 2.75) is 19.1 Å². The highest BCUT2D eigenvalue weighted by atomic mass is 19.4. The first-order valence-electron chi connectivity index (χ1n) is 6.86. The number of alkyl halides is 3. The fraction of sp³-hybridized carbons (Fsp3) is 0.500. The first-order valence-corrected chi connectivity index (χ1v) is 6.86. The zero-order chi connectivity index (χ0) is 16.3. The van der Waals surface area contributed by atoms with Crippen molar-refractivity contribution in [3.8, 4) is 5.75 Å². The summed E-state index contributed by atoms with van der Waals surface area (Å²) in [5.41, 5.74) is -1.20. The van der Waals surface area contributed by atoms with Crippen molar-refractivity contribution in [1.82, 2.24) is 10.2 Å². The molecule has 1 aliphatic heterocycles. The maximum Gasteiger partial charge on any atom is 0.418 e. The second-order valence-electron chi connectivity index (χ2n) is 5.14. The minimum Gasteiger partial charge on any atom is -0.497 e. The van der Waals surface area contributed by atoms with E-state index in [4.69, 9.17) is 4.74 Å². The molecule has 0 saturated carbocycles. The third-order valence-corrected chi connectivity index (χ3v) is 3.43. The summed E-state index contributed by atoms with van der Waals surface area (Å²) in [6.45, 7) is 3.42. The van der Waals surface area contributed by atoms with E-state index < -0.39 is 17.8 Å². The first-order chi connectivity index (χ1) is 10.3. The fourth-order valence-electron chi connectivity index (χ4n) is 2.30. The molecule has 2 N–H and O–H groups in total. The van der Waals surface area contributed by atoms with Crippen molar-refractivity contribution >= 4 is 11.7 Å². The van der Waals surface area contributed by atoms with E-state index >= 15 is 0 Å². The Morgan fingerprint density at radius 1 is 1.45 bits per heavy atom. The lowest BCUT2D eigenvalue weighted by atomic mass is 10.1. The highest BCUT2D eigenvalue weighted by Gasteiger charge is 2.35. The number of ether oxygens (including phenoxy) is 1. The van der Waals surface area contributed by atoms with E-state index in [2.05, 4.69) is 10.6 Å². The number of carbonyl (C=O) groups is 1. The van der Waals surface area contributed by atoms with Gasteiger partial charge in [-0.25, -0.2) is 4.79 Å². The van der Waals surface area contributed by atoms with E-state index in [-0.39, 0.29) is 17.5 Å². The minimum absolute atomic E-state index is 0.0844. The van der Waals surface area contributed by atoms with E-state index in [0.29, 0.717) is 19.6 Å². The van der Waals surface area contributed by atoms with Crippen LogP contribution in [0.5, 0.6) is 5.75 Å². The van der Waals surface area contributed by atoms with Gasteiger partial charge >= 0.3 is 12.2 Å². The molecule has 122 valence electrons. The Labute approximate surface area is 126 Å². The van der Waals surface area contributed by atoms with Crippen molar-refractivity contribution in [3.05, 3.63) is 23.8 Å². The Hall–Kier alpha value is -1.96. The van der Waals surface area contributed by atoms with Gasteiger partial charge in [-0.1, -0.05) is 0 Å². The van der Waals surface area contributed by atoms with Gasteiger partial charge < -0.3 is 20.3 Å². The van der Waals surface area contributed by atoms with Crippen molar-refractivity contribution in [2.24, 2.45) is 0 Å². The van der Waals surface area contributed by atoms with Crippen LogP contribution in [0, 0.1) is 0 Å². The summed E-state index contributed by atoms with van der Waals surface area (Å²) in [6.07, 6.45) is -4.58. The Morgan fingerprint density at radius 3 is 2.77 bits per heavy atom. The van der Waals surface area contributed by atoms with Gasteiger partial charge in [-0.3, -0.25) is 0 Å². The third-order valence-electron chi connectivity index (χ3n) is 3.43. The molecule has 1 saturated heterocycles. The van der Waals surface area contributed by atoms with Crippen LogP contribution < -0.4 is 15.4 Å². The number of hydrogen-bond acceptors (Lipinski definition) is 3. The Bertz CT molecular complexity index is 549. The molecule has 1 aromatic carbocycles. The van der Waals surface area contributed by atoms with Crippen LogP contribution in [0.3, 0.4) is 0 Å². The van der Waals surface area contributed by atoms with E-state index in [9.17, 15) is 18.0 Å². The van der Waals surface area contributed by atoms with E-state index in [1.165, 1.54) is 24.1 Å². The average molecular weight is 317 g/mol. The Balaban J connectivity index is 2.19. The molecule has 1 aliphatic rings. The number of carbonyl (C=O) groups excluding carboxylic acids is 1. The number of amides is 2. The molecule has 0 aromatic heterocycles. The van der Waals surface area contributed by atoms with E-state index in [1.807, 2.05) is 6.92 Å². The molecule has 2 amide bonds. The molecule has 0 radical (unpaired) electrons. The molecule has 0 aliphatic carbocycles. The minimum atomic E-state index is -4.58. The van der Waals surface area contributed by atoms with Gasteiger partial charge in [0.15, 0.2) is 0 Å². The van der Waals surface area contributed by atoms with Crippen LogP contribution in [0.2, 0.25) is 0 Å². The van der Waals surface area contributed by atoms with Gasteiger partial charge in [0.1, 0.15) is 5.75 Å². The van der Waals surface area contributed by atoms with Crippen LogP contribution in [0.4, 0.5) is 23.7 Å². The van der Waals surface area contributed by atoms with E-state index in [1.54, 1.807) is 0 Å². The van der Waals surface area contributed by atoms with Crippen LogP contribution >= 0.6 is 0 Å². The number of benzene rings is 1. The molecular weight excluding hydrogens is 299 g/mol. The largest absolute Gasteiger partial charge is 0.497 e. The van der Waals surface area contributed by atoms with Gasteiger partial charge in [-0.15, -0.1) is 0 Å². The predicted octanol–water partition coefficient (Wildman–Crippen LogP) is 2.54. The first kappa shape index (κ1) is 16.4. The summed E-state index contributed by atoms with van der Waals surface area (Å²) in [6, 6.07) is 3.02. The van der Waals surface area contributed by atoms with Crippen LogP contribution in [0.25, 0.3) is 0 Å². The molecule has 22 heavy (non-hydrogen) atoms. The monoisotopic (exact) mass is 317 g/mol. The molecule has 1 fully saturated rings. The summed E-state index contributed by atoms with van der Waals surface area (Å²) in [5, 5.41) is 5.51. The van der Waals surface area contributed by atoms with Gasteiger partial charge in [-0.2, -0.15) is 13.2 Å². The number of methoxy groups -OCH3 is 1. The van der Waals surface area contributed by atoms with Crippen molar-refractivity contribution < 1.29 is 22.7 Å². The third kappa shape index (κ3) is 3.82. The lowest BCUT2D eigenvalue weighted by molar-refractivity contribution is -0.137. The maximum atomic E-state index is 13.1. The SMILES string of the molecule is COc1ccc(NC(=O)N2CCNC(C)C2)c(C(F)(F)F)c1. The summed E-state index contributed by atoms with van der Waals surface area (Å²) in [5.74, 6) is 0.0844. The zero-order valence-corrected chi connectivity index (χ0v) is 12.3. The molecule has 1 aromatic rings. The lowest BCUT2D eigenvalue weighted by Gasteiger charge is -2.32. The molecule has 1 atom stereocenters. The smallest absolute Gasteiger partial charge is 0.418 e. The summed E-state index contributed by atoms with van der Waals surface area (Å²) >= 11 is 0. The highest BCUT2D eigenvalue weighted by molar-refractivity contribution is 5.90. The van der Waals surface area contributed by atoms with Crippen LogP contribution in [-0.4, -0.2) is 43.7 Å². The second kappa shape index (κ2) is 6.43. The fourth-order valence-corrected chi connectivity index (χ4v) is 2.30. The Kier molecular flexibility index (Phi) is 4.80. The number of nitrogens with zero attached hydrogens (tertiary/aromatic N) is 1. The van der Waals surface area contributed by atoms with Crippen molar-refractivity contribution in [1.29, 1.82) is 0 Å². The number of rotatable bonds is 2. The van der Waals surface area contributed by atoms with Gasteiger partial charge in [0.2, 0.25) is 0 Å². The number of nitrogens with one attached hydrogen (secondary N) is 2. The summed E-state index contributed by atoms with van der Waals surface area (Å²) < 4.78 is 44.1. The lowest BCUT2D eigenvalue weighted by Crippen LogP contribution is -2.52. The van der Waals surface area contributed by atoms with Crippen molar-refractivity contribution in [3.63, 3.8) is 0 Å². The van der Waals surface area contributed by atoms with Crippen LogP contribution in [0.1, 0.15) is 12.5 Å². The number of anilines is 1. The summed E-state index contributed by atoms with van der Waals surface area (Å²) in [7, 11) is 1.29. The van der Waals surface area contributed by atoms with Crippen LogP contribution in [-0.2, 0) is 6.18 Å². The molecule has 8 heteroatoms. The van der Waals surface area contributed by atoms with Gasteiger partial charge in [-0.05, 0) is 25.1 Å². The maximum absolute atomic E-state index is 13.1. The standard InChI is InChI=1S/C14H18F3N3O2/c1-9-8-20(6-5-18-9)13(21)19-12-4-3-10(22-2)7-11(12)14(15,16)17/h3-4,7,9,18H,5-6,8H2,1-2H3,(H,19,21). The van der Waals surface area contributed by atoms with E-state index in [0.717, 1.165) is 6.07 Å². The molecule has 1 unspecified atom stereocenters. The molecule has 0 spiro atoms. The number of hydrogen-bond donors (Lipinski definition) is 2. The Morgan fingerprint density at radius 2 is 2.18 bits per heavy atom. The average Bonchev–Trinajstić information content (AvgIpc) is 2.46. The van der Waals surface area contributed by atoms with Gasteiger partial charge in [0.25, 0.3) is 0 Å². The zero-order valence-electron chi connectivity index (χ0n) is 12.3. The second-order valence-corrected chi connectivity index (χ2v) is 5.14. The molecule has 0 bridgehead atoms. The topological polar surface area (TPSA) is 53.6 Å². The van der Waals surface area contributed by atoms with Gasteiger partial charge in [0, 0.05) is 25.7 Å². The molecule has 5 nitrogen and oxygen atoms in total. The molecular formula is C14H18F3N3O2. The van der Waals surface area contributed by atoms with Crippen molar-refractivity contribution in [2.75, 3.05) is 32.1 Å². The quantitative estimate of drug-likeness (QED) is 0.881. The normalized spacial score (nSPS) is 19.0. The number of urea groups is 1. The van der Waals surface area contributed by atoms with Gasteiger partial charge in [0.05, 0.1) is 18.4 Å². The predicted molar refractivity (Wildman–Crippen MR) is 76.1 cm³/mol. The number of halogens is 3. The summed E-state index contributed by atoms with van der Waals surface area (Å²) in [4.78, 5) is 13.6.